The van der Waals surface area contributed by atoms with Gasteiger partial charge in [0, 0.05) is 12.6 Å². The number of carboxylic acid groups (broad SMARTS) is 1. The molecule has 1 aromatic rings. The summed E-state index contributed by atoms with van der Waals surface area (Å²) in [5, 5.41) is 8.66. The van der Waals surface area contributed by atoms with Crippen LogP contribution < -0.4 is 4.74 Å². The number of carbonyl (C=O) groups is 2. The fraction of sp³-hybridized carbons (Fsp3) is 0.385. The Morgan fingerprint density at radius 3 is 2.50 bits per heavy atom. The van der Waals surface area contributed by atoms with E-state index in [1.807, 2.05) is 6.07 Å². The first kappa shape index (κ1) is 12.4. The van der Waals surface area contributed by atoms with Crippen molar-refractivity contribution < 1.29 is 19.4 Å². The van der Waals surface area contributed by atoms with E-state index >= 15 is 0 Å². The molecule has 96 valence electrons. The minimum atomic E-state index is -0.909. The fourth-order valence-electron chi connectivity index (χ4n) is 1.67. The van der Waals surface area contributed by atoms with Gasteiger partial charge in [-0.2, -0.15) is 0 Å². The summed E-state index contributed by atoms with van der Waals surface area (Å²) in [5.41, 5.74) is 0. The highest BCUT2D eigenvalue weighted by Gasteiger charge is 2.33. The van der Waals surface area contributed by atoms with E-state index in [-0.39, 0.29) is 19.0 Å². The molecule has 1 aromatic carbocycles. The maximum Gasteiger partial charge on any atom is 0.415 e. The molecular formula is C13H15NO4. The highest BCUT2D eigenvalue weighted by atomic mass is 16.6. The Kier molecular flexibility index (Phi) is 3.82. The smallest absolute Gasteiger partial charge is 0.415 e. The summed E-state index contributed by atoms with van der Waals surface area (Å²) < 4.78 is 5.20. The molecule has 0 aromatic heterocycles. The zero-order valence-corrected chi connectivity index (χ0v) is 9.91. The number of para-hydroxylation sites is 1. The Bertz CT molecular complexity index is 428. The van der Waals surface area contributed by atoms with Crippen LogP contribution >= 0.6 is 0 Å². The van der Waals surface area contributed by atoms with E-state index in [1.54, 1.807) is 24.3 Å². The zero-order valence-electron chi connectivity index (χ0n) is 9.91. The second kappa shape index (κ2) is 5.53. The quantitative estimate of drug-likeness (QED) is 0.868. The highest BCUT2D eigenvalue weighted by molar-refractivity contribution is 5.73. The lowest BCUT2D eigenvalue weighted by Gasteiger charge is -2.20. The number of amides is 1. The van der Waals surface area contributed by atoms with Crippen LogP contribution in [0.4, 0.5) is 4.79 Å². The summed E-state index contributed by atoms with van der Waals surface area (Å²) in [6.45, 7) is 0.200. The standard InChI is InChI=1S/C13H15NO4/c15-12(16)8-9-14(10-6-7-10)13(17)18-11-4-2-1-3-5-11/h1-5,10H,6-9H2,(H,15,16). The molecule has 18 heavy (non-hydrogen) atoms. The van der Waals surface area contributed by atoms with E-state index in [4.69, 9.17) is 9.84 Å². The topological polar surface area (TPSA) is 66.8 Å². The third-order valence-corrected chi connectivity index (χ3v) is 2.74. The number of carbonyl (C=O) groups excluding carboxylic acids is 1. The summed E-state index contributed by atoms with van der Waals surface area (Å²) in [6, 6.07) is 8.92. The molecule has 5 nitrogen and oxygen atoms in total. The molecule has 1 fully saturated rings. The van der Waals surface area contributed by atoms with Gasteiger partial charge in [-0.25, -0.2) is 4.79 Å². The van der Waals surface area contributed by atoms with Crippen molar-refractivity contribution in [1.29, 1.82) is 0 Å². The van der Waals surface area contributed by atoms with Crippen LogP contribution in [-0.2, 0) is 4.79 Å². The minimum absolute atomic E-state index is 0.0552. The molecule has 5 heteroatoms. The third kappa shape index (κ3) is 3.48. The normalized spacial score (nSPS) is 14.0. The Hall–Kier alpha value is -2.04. The third-order valence-electron chi connectivity index (χ3n) is 2.74. The van der Waals surface area contributed by atoms with Crippen LogP contribution in [0.1, 0.15) is 19.3 Å². The number of rotatable bonds is 5. The summed E-state index contributed by atoms with van der Waals surface area (Å²) >= 11 is 0. The van der Waals surface area contributed by atoms with Gasteiger partial charge in [0.25, 0.3) is 0 Å². The van der Waals surface area contributed by atoms with Crippen LogP contribution in [0.5, 0.6) is 5.75 Å². The van der Waals surface area contributed by atoms with Gasteiger partial charge in [0.05, 0.1) is 6.42 Å². The summed E-state index contributed by atoms with van der Waals surface area (Å²) in [5.74, 6) is -0.434. The summed E-state index contributed by atoms with van der Waals surface area (Å²) in [6.07, 6.45) is 1.32. The first-order valence-corrected chi connectivity index (χ1v) is 5.92. The number of aliphatic carboxylic acids is 1. The van der Waals surface area contributed by atoms with E-state index < -0.39 is 12.1 Å². The Morgan fingerprint density at radius 1 is 1.28 bits per heavy atom. The number of hydrogen-bond acceptors (Lipinski definition) is 3. The average molecular weight is 249 g/mol. The molecule has 0 radical (unpaired) electrons. The molecule has 1 N–H and O–H groups in total. The number of nitrogens with zero attached hydrogens (tertiary/aromatic N) is 1. The Labute approximate surface area is 105 Å². The van der Waals surface area contributed by atoms with Crippen molar-refractivity contribution in [2.24, 2.45) is 0 Å². The van der Waals surface area contributed by atoms with Gasteiger partial charge in [-0.1, -0.05) is 18.2 Å². The van der Waals surface area contributed by atoms with E-state index in [0.29, 0.717) is 5.75 Å². The molecule has 0 spiro atoms. The Morgan fingerprint density at radius 2 is 1.94 bits per heavy atom. The zero-order chi connectivity index (χ0) is 13.0. The molecule has 0 heterocycles. The van der Waals surface area contributed by atoms with E-state index in [2.05, 4.69) is 0 Å². The Balaban J connectivity index is 1.93. The maximum absolute atomic E-state index is 11.9. The van der Waals surface area contributed by atoms with Gasteiger partial charge >= 0.3 is 12.1 Å². The van der Waals surface area contributed by atoms with Crippen molar-refractivity contribution in [1.82, 2.24) is 4.90 Å². The second-order valence-corrected chi connectivity index (χ2v) is 4.25. The van der Waals surface area contributed by atoms with Gasteiger partial charge < -0.3 is 14.7 Å². The molecular weight excluding hydrogens is 234 g/mol. The second-order valence-electron chi connectivity index (χ2n) is 4.25. The fourth-order valence-corrected chi connectivity index (χ4v) is 1.67. The number of benzene rings is 1. The molecule has 0 unspecified atom stereocenters. The molecule has 0 saturated heterocycles. The van der Waals surface area contributed by atoms with Crippen LogP contribution in [0.3, 0.4) is 0 Å². The van der Waals surface area contributed by atoms with Crippen LogP contribution in [-0.4, -0.2) is 34.7 Å². The number of ether oxygens (including phenoxy) is 1. The minimum Gasteiger partial charge on any atom is -0.481 e. The number of hydrogen-bond donors (Lipinski definition) is 1. The van der Waals surface area contributed by atoms with Gasteiger partial charge in [-0.3, -0.25) is 4.79 Å². The summed E-state index contributed by atoms with van der Waals surface area (Å²) in [4.78, 5) is 24.0. The van der Waals surface area contributed by atoms with Crippen molar-refractivity contribution in [2.75, 3.05) is 6.54 Å². The first-order chi connectivity index (χ1) is 8.66. The molecule has 1 amide bonds. The number of carboxylic acids is 1. The van der Waals surface area contributed by atoms with Gasteiger partial charge in [-0.05, 0) is 25.0 Å². The van der Waals surface area contributed by atoms with Crippen molar-refractivity contribution in [3.8, 4) is 5.75 Å². The molecule has 0 atom stereocenters. The van der Waals surface area contributed by atoms with Crippen LogP contribution in [0, 0.1) is 0 Å². The van der Waals surface area contributed by atoms with Gasteiger partial charge in [-0.15, -0.1) is 0 Å². The summed E-state index contributed by atoms with van der Waals surface area (Å²) in [7, 11) is 0. The molecule has 1 aliphatic carbocycles. The lowest BCUT2D eigenvalue weighted by molar-refractivity contribution is -0.137. The lowest BCUT2D eigenvalue weighted by Crippen LogP contribution is -2.37. The predicted molar refractivity (Wildman–Crippen MR) is 64.4 cm³/mol. The lowest BCUT2D eigenvalue weighted by atomic mass is 10.3. The molecule has 1 aliphatic rings. The van der Waals surface area contributed by atoms with Gasteiger partial charge in [0.2, 0.25) is 0 Å². The molecule has 1 saturated carbocycles. The molecule has 2 rings (SSSR count). The van der Waals surface area contributed by atoms with Crippen molar-refractivity contribution in [3.05, 3.63) is 30.3 Å². The van der Waals surface area contributed by atoms with E-state index in [0.717, 1.165) is 12.8 Å². The van der Waals surface area contributed by atoms with Gasteiger partial charge in [0.15, 0.2) is 0 Å². The predicted octanol–water partition coefficient (Wildman–Crippen LogP) is 2.12. The average Bonchev–Trinajstić information content (AvgIpc) is 3.14. The van der Waals surface area contributed by atoms with Crippen molar-refractivity contribution in [3.63, 3.8) is 0 Å². The van der Waals surface area contributed by atoms with Crippen LogP contribution in [0.2, 0.25) is 0 Å². The van der Waals surface area contributed by atoms with E-state index in [1.165, 1.54) is 4.90 Å². The SMILES string of the molecule is O=C(O)CCN(C(=O)Oc1ccccc1)C1CC1. The van der Waals surface area contributed by atoms with Crippen LogP contribution in [0.15, 0.2) is 30.3 Å². The molecule has 0 bridgehead atoms. The van der Waals surface area contributed by atoms with Crippen molar-refractivity contribution in [2.45, 2.75) is 25.3 Å². The van der Waals surface area contributed by atoms with Crippen LogP contribution in [0.25, 0.3) is 0 Å². The van der Waals surface area contributed by atoms with E-state index in [9.17, 15) is 9.59 Å². The van der Waals surface area contributed by atoms with Crippen molar-refractivity contribution >= 4 is 12.1 Å². The maximum atomic E-state index is 11.9. The van der Waals surface area contributed by atoms with Gasteiger partial charge in [0.1, 0.15) is 5.75 Å². The largest absolute Gasteiger partial charge is 0.481 e. The first-order valence-electron chi connectivity index (χ1n) is 5.92. The highest BCUT2D eigenvalue weighted by Crippen LogP contribution is 2.27. The molecule has 0 aliphatic heterocycles. The monoisotopic (exact) mass is 249 g/mol.